The van der Waals surface area contributed by atoms with Crippen LogP contribution in [0.1, 0.15) is 24.4 Å². The fourth-order valence-electron chi connectivity index (χ4n) is 4.32. The monoisotopic (exact) mass is 415 g/mol. The van der Waals surface area contributed by atoms with Crippen LogP contribution in [0.15, 0.2) is 23.0 Å². The molecule has 2 saturated heterocycles. The first-order valence-electron chi connectivity index (χ1n) is 10.1. The van der Waals surface area contributed by atoms with Crippen LogP contribution in [0, 0.1) is 0 Å². The Kier molecular flexibility index (Phi) is 5.44. The smallest absolute Gasteiger partial charge is 0.329 e. The Labute approximate surface area is 172 Å². The minimum atomic E-state index is -0.832. The van der Waals surface area contributed by atoms with Crippen molar-refractivity contribution < 1.29 is 19.5 Å². The maximum atomic E-state index is 12.8. The van der Waals surface area contributed by atoms with Crippen LogP contribution in [0.5, 0.6) is 0 Å². The molecule has 4 rings (SSSR count). The molecule has 1 aromatic carbocycles. The van der Waals surface area contributed by atoms with E-state index in [2.05, 4.69) is 10.6 Å². The van der Waals surface area contributed by atoms with Crippen molar-refractivity contribution >= 4 is 28.8 Å². The Morgan fingerprint density at radius 1 is 1.23 bits per heavy atom. The summed E-state index contributed by atoms with van der Waals surface area (Å²) in [4.78, 5) is 50.0. The molecule has 0 radical (unpaired) electrons. The summed E-state index contributed by atoms with van der Waals surface area (Å²) < 4.78 is 2.96. The van der Waals surface area contributed by atoms with Crippen molar-refractivity contribution in [1.29, 1.82) is 0 Å². The first kappa shape index (κ1) is 20.3. The number of carbonyl (C=O) groups excluding carboxylic acids is 2. The van der Waals surface area contributed by atoms with E-state index in [4.69, 9.17) is 0 Å². The molecule has 2 aliphatic rings. The van der Waals surface area contributed by atoms with Gasteiger partial charge in [0.15, 0.2) is 0 Å². The number of nitrogens with one attached hydrogen (secondary N) is 2. The standard InChI is InChI=1S/C20H25N5O5/c1-23-15-10-12(6-8-24-9-7-21-11-16(24)19(28)29)2-3-13(15)25(20(23)30)14-4-5-17(26)22-18(14)27/h2-3,10,14,16,21H,4-9,11H2,1H3,(H,28,29)(H,22,26,27)/t14?,16-/m0/s1. The largest absolute Gasteiger partial charge is 0.480 e. The SMILES string of the molecule is Cn1c(=O)n(C2CCC(=O)NC2=O)c2ccc(CCN3CCNC[C@H]3C(=O)O)cc21. The second-order valence-corrected chi connectivity index (χ2v) is 7.85. The number of carboxylic acids is 1. The quantitative estimate of drug-likeness (QED) is 0.547. The first-order chi connectivity index (χ1) is 14.4. The Morgan fingerprint density at radius 3 is 2.77 bits per heavy atom. The average Bonchev–Trinajstić information content (AvgIpc) is 2.97. The van der Waals surface area contributed by atoms with E-state index < -0.39 is 24.0 Å². The lowest BCUT2D eigenvalue weighted by atomic mass is 10.1. The van der Waals surface area contributed by atoms with Crippen LogP contribution in [-0.2, 0) is 27.9 Å². The molecule has 1 aromatic heterocycles. The highest BCUT2D eigenvalue weighted by Gasteiger charge is 2.31. The summed E-state index contributed by atoms with van der Waals surface area (Å²) >= 11 is 0. The molecule has 3 N–H and O–H groups in total. The molecule has 2 amide bonds. The predicted molar refractivity (Wildman–Crippen MR) is 108 cm³/mol. The minimum absolute atomic E-state index is 0.201. The van der Waals surface area contributed by atoms with Gasteiger partial charge in [-0.15, -0.1) is 0 Å². The number of benzene rings is 1. The third kappa shape index (κ3) is 3.63. The van der Waals surface area contributed by atoms with Crippen molar-refractivity contribution in [2.24, 2.45) is 7.05 Å². The minimum Gasteiger partial charge on any atom is -0.480 e. The van der Waals surface area contributed by atoms with E-state index in [-0.39, 0.29) is 18.0 Å². The third-order valence-corrected chi connectivity index (χ3v) is 6.00. The number of carboxylic acid groups (broad SMARTS) is 1. The van der Waals surface area contributed by atoms with Gasteiger partial charge >= 0.3 is 11.7 Å². The maximum absolute atomic E-state index is 12.8. The van der Waals surface area contributed by atoms with E-state index in [9.17, 15) is 24.3 Å². The molecule has 0 spiro atoms. The lowest BCUT2D eigenvalue weighted by Gasteiger charge is -2.33. The Morgan fingerprint density at radius 2 is 2.03 bits per heavy atom. The number of aliphatic carboxylic acids is 1. The molecule has 0 aliphatic carbocycles. The van der Waals surface area contributed by atoms with E-state index in [0.717, 1.165) is 12.1 Å². The number of imide groups is 1. The summed E-state index contributed by atoms with van der Waals surface area (Å²) in [5.74, 6) is -1.61. The zero-order valence-corrected chi connectivity index (χ0v) is 16.8. The molecule has 10 nitrogen and oxygen atoms in total. The molecule has 3 heterocycles. The van der Waals surface area contributed by atoms with E-state index in [1.807, 2.05) is 23.1 Å². The van der Waals surface area contributed by atoms with E-state index in [0.29, 0.717) is 43.5 Å². The molecular weight excluding hydrogens is 390 g/mol. The van der Waals surface area contributed by atoms with Crippen molar-refractivity contribution in [3.05, 3.63) is 34.2 Å². The van der Waals surface area contributed by atoms with Gasteiger partial charge in [-0.25, -0.2) is 4.79 Å². The van der Waals surface area contributed by atoms with Crippen molar-refractivity contribution in [3.8, 4) is 0 Å². The summed E-state index contributed by atoms with van der Waals surface area (Å²) in [5, 5.41) is 14.8. The number of hydrogen-bond donors (Lipinski definition) is 3. The molecular formula is C20H25N5O5. The maximum Gasteiger partial charge on any atom is 0.329 e. The molecule has 2 atom stereocenters. The van der Waals surface area contributed by atoms with Crippen molar-refractivity contribution in [3.63, 3.8) is 0 Å². The van der Waals surface area contributed by atoms with Crippen molar-refractivity contribution in [2.75, 3.05) is 26.2 Å². The number of piperazine rings is 1. The number of nitrogens with zero attached hydrogens (tertiary/aromatic N) is 3. The van der Waals surface area contributed by atoms with Gasteiger partial charge in [0.25, 0.3) is 0 Å². The molecule has 2 aromatic rings. The van der Waals surface area contributed by atoms with Gasteiger partial charge in [-0.1, -0.05) is 6.07 Å². The highest BCUT2D eigenvalue weighted by molar-refractivity contribution is 6.00. The molecule has 10 heteroatoms. The number of aryl methyl sites for hydroxylation is 1. The van der Waals surface area contributed by atoms with Gasteiger partial charge in [0.1, 0.15) is 12.1 Å². The molecule has 0 bridgehead atoms. The van der Waals surface area contributed by atoms with Crippen LogP contribution >= 0.6 is 0 Å². The van der Waals surface area contributed by atoms with Gasteiger partial charge in [-0.05, 0) is 30.5 Å². The normalized spacial score (nSPS) is 23.0. The van der Waals surface area contributed by atoms with Crippen molar-refractivity contribution in [2.45, 2.75) is 31.3 Å². The number of amides is 2. The third-order valence-electron chi connectivity index (χ3n) is 6.00. The summed E-state index contributed by atoms with van der Waals surface area (Å²) in [5.41, 5.74) is 2.04. The number of hydrogen-bond acceptors (Lipinski definition) is 6. The first-order valence-corrected chi connectivity index (χ1v) is 10.1. The van der Waals surface area contributed by atoms with Gasteiger partial charge in [-0.2, -0.15) is 0 Å². The summed E-state index contributed by atoms with van der Waals surface area (Å²) in [6, 6.07) is 4.39. The van der Waals surface area contributed by atoms with Gasteiger partial charge in [0.2, 0.25) is 11.8 Å². The van der Waals surface area contributed by atoms with E-state index in [1.165, 1.54) is 9.13 Å². The van der Waals surface area contributed by atoms with E-state index in [1.54, 1.807) is 7.05 Å². The van der Waals surface area contributed by atoms with E-state index >= 15 is 0 Å². The van der Waals surface area contributed by atoms with Crippen LogP contribution in [0.2, 0.25) is 0 Å². The second kappa shape index (κ2) is 8.04. The number of carbonyl (C=O) groups is 3. The highest BCUT2D eigenvalue weighted by atomic mass is 16.4. The number of fused-ring (bicyclic) bond motifs is 1. The molecule has 1 unspecified atom stereocenters. The lowest BCUT2D eigenvalue weighted by molar-refractivity contribution is -0.144. The van der Waals surface area contributed by atoms with Crippen LogP contribution < -0.4 is 16.3 Å². The number of imidazole rings is 1. The Bertz CT molecular complexity index is 1070. The van der Waals surface area contributed by atoms with Gasteiger partial charge in [-0.3, -0.25) is 33.7 Å². The number of piperidine rings is 1. The van der Waals surface area contributed by atoms with Crippen LogP contribution in [0.25, 0.3) is 11.0 Å². The van der Waals surface area contributed by atoms with Crippen LogP contribution in [0.4, 0.5) is 0 Å². The van der Waals surface area contributed by atoms with Gasteiger partial charge in [0.05, 0.1) is 11.0 Å². The van der Waals surface area contributed by atoms with Crippen molar-refractivity contribution in [1.82, 2.24) is 24.7 Å². The summed E-state index contributed by atoms with van der Waals surface area (Å²) in [7, 11) is 1.66. The molecule has 160 valence electrons. The number of aromatic nitrogens is 2. The van der Waals surface area contributed by atoms with Crippen LogP contribution in [0.3, 0.4) is 0 Å². The Hall–Kier alpha value is -2.98. The van der Waals surface area contributed by atoms with Gasteiger partial charge in [0, 0.05) is 39.6 Å². The highest BCUT2D eigenvalue weighted by Crippen LogP contribution is 2.24. The fraction of sp³-hybridized carbons (Fsp3) is 0.500. The molecule has 0 saturated carbocycles. The second-order valence-electron chi connectivity index (χ2n) is 7.85. The summed E-state index contributed by atoms with van der Waals surface area (Å²) in [6.07, 6.45) is 1.15. The predicted octanol–water partition coefficient (Wildman–Crippen LogP) is -0.781. The van der Waals surface area contributed by atoms with Gasteiger partial charge < -0.3 is 10.4 Å². The van der Waals surface area contributed by atoms with Crippen LogP contribution in [-0.4, -0.2) is 69.1 Å². The molecule has 2 fully saturated rings. The zero-order valence-electron chi connectivity index (χ0n) is 16.8. The topological polar surface area (TPSA) is 126 Å². The summed E-state index contributed by atoms with van der Waals surface area (Å²) in [6.45, 7) is 2.46. The zero-order chi connectivity index (χ0) is 21.4. The fourth-order valence-corrected chi connectivity index (χ4v) is 4.32. The Balaban J connectivity index is 1.58. The lowest BCUT2D eigenvalue weighted by Crippen LogP contribution is -2.55. The molecule has 2 aliphatic heterocycles. The molecule has 30 heavy (non-hydrogen) atoms. The number of rotatable bonds is 5. The average molecular weight is 415 g/mol.